The van der Waals surface area contributed by atoms with Crippen LogP contribution in [0.4, 0.5) is 25.8 Å². The van der Waals surface area contributed by atoms with Crippen molar-refractivity contribution in [1.29, 1.82) is 5.26 Å². The summed E-state index contributed by atoms with van der Waals surface area (Å²) in [5.74, 6) is -0.983. The van der Waals surface area contributed by atoms with Crippen molar-refractivity contribution >= 4 is 17.1 Å². The van der Waals surface area contributed by atoms with Crippen molar-refractivity contribution in [2.24, 2.45) is 0 Å². The molecule has 96 valence electrons. The molecule has 0 aliphatic heterocycles. The zero-order valence-electron chi connectivity index (χ0n) is 10.2. The second-order valence-electron chi connectivity index (χ2n) is 4.12. The highest BCUT2D eigenvalue weighted by Crippen LogP contribution is 2.27. The second-order valence-corrected chi connectivity index (χ2v) is 4.12. The fourth-order valence-corrected chi connectivity index (χ4v) is 1.64. The van der Waals surface area contributed by atoms with E-state index in [-0.39, 0.29) is 16.9 Å². The van der Waals surface area contributed by atoms with Gasteiger partial charge in [0.25, 0.3) is 0 Å². The predicted octanol–water partition coefficient (Wildman–Crippen LogP) is 3.47. The standard InChI is InChI=1S/C14H11F2N3/c1-8-4-14(12(18)6-10(8)15)19-13-3-2-9(7-17)5-11(13)16/h2-6,19H,18H2,1H3. The van der Waals surface area contributed by atoms with Gasteiger partial charge in [0, 0.05) is 0 Å². The number of hydrogen-bond donors (Lipinski definition) is 2. The third kappa shape index (κ3) is 2.63. The summed E-state index contributed by atoms with van der Waals surface area (Å²) in [7, 11) is 0. The molecule has 0 fully saturated rings. The Labute approximate surface area is 109 Å². The molecule has 0 saturated carbocycles. The second kappa shape index (κ2) is 4.94. The molecule has 0 spiro atoms. The van der Waals surface area contributed by atoms with Gasteiger partial charge in [0.05, 0.1) is 28.7 Å². The fraction of sp³-hybridized carbons (Fsp3) is 0.0714. The van der Waals surface area contributed by atoms with E-state index in [9.17, 15) is 8.78 Å². The molecule has 3 N–H and O–H groups in total. The minimum atomic E-state index is -0.569. The molecular formula is C14H11F2N3. The Balaban J connectivity index is 2.37. The van der Waals surface area contributed by atoms with Gasteiger partial charge in [-0.15, -0.1) is 0 Å². The highest BCUT2D eigenvalue weighted by Gasteiger charge is 2.08. The highest BCUT2D eigenvalue weighted by molar-refractivity contribution is 5.73. The normalized spacial score (nSPS) is 10.0. The Bertz CT molecular complexity index is 675. The van der Waals surface area contributed by atoms with Crippen molar-refractivity contribution in [2.75, 3.05) is 11.1 Å². The van der Waals surface area contributed by atoms with Crippen LogP contribution in [-0.2, 0) is 0 Å². The summed E-state index contributed by atoms with van der Waals surface area (Å²) in [6.45, 7) is 1.59. The van der Waals surface area contributed by atoms with Gasteiger partial charge in [0.1, 0.15) is 11.6 Å². The van der Waals surface area contributed by atoms with Gasteiger partial charge in [-0.3, -0.25) is 0 Å². The van der Waals surface area contributed by atoms with Crippen LogP contribution in [0.15, 0.2) is 30.3 Å². The number of nitrogen functional groups attached to an aromatic ring is 1. The van der Waals surface area contributed by atoms with Crippen LogP contribution in [0.2, 0.25) is 0 Å². The van der Waals surface area contributed by atoms with Crippen molar-refractivity contribution in [1.82, 2.24) is 0 Å². The van der Waals surface area contributed by atoms with Crippen LogP contribution >= 0.6 is 0 Å². The van der Waals surface area contributed by atoms with Gasteiger partial charge >= 0.3 is 0 Å². The average Bonchev–Trinajstić information content (AvgIpc) is 2.38. The number of benzene rings is 2. The van der Waals surface area contributed by atoms with Gasteiger partial charge in [0.2, 0.25) is 0 Å². The maximum Gasteiger partial charge on any atom is 0.147 e. The van der Waals surface area contributed by atoms with Gasteiger partial charge in [-0.2, -0.15) is 5.26 Å². The predicted molar refractivity (Wildman–Crippen MR) is 69.9 cm³/mol. The van der Waals surface area contributed by atoms with Crippen LogP contribution in [0.3, 0.4) is 0 Å². The quantitative estimate of drug-likeness (QED) is 0.812. The Morgan fingerprint density at radius 2 is 1.84 bits per heavy atom. The number of aryl methyl sites for hydroxylation is 1. The lowest BCUT2D eigenvalue weighted by atomic mass is 10.1. The molecule has 0 radical (unpaired) electrons. The molecule has 3 nitrogen and oxygen atoms in total. The maximum atomic E-state index is 13.7. The Morgan fingerprint density at radius 1 is 1.11 bits per heavy atom. The van der Waals surface area contributed by atoms with E-state index in [2.05, 4.69) is 5.32 Å². The summed E-state index contributed by atoms with van der Waals surface area (Å²) in [6, 6.07) is 8.57. The lowest BCUT2D eigenvalue weighted by molar-refractivity contribution is 0.619. The molecule has 0 atom stereocenters. The highest BCUT2D eigenvalue weighted by atomic mass is 19.1. The Hall–Kier alpha value is -2.61. The van der Waals surface area contributed by atoms with Crippen LogP contribution in [-0.4, -0.2) is 0 Å². The van der Waals surface area contributed by atoms with Crippen molar-refractivity contribution in [2.45, 2.75) is 6.92 Å². The lowest BCUT2D eigenvalue weighted by Crippen LogP contribution is -2.00. The minimum absolute atomic E-state index is 0.178. The molecule has 0 unspecified atom stereocenters. The van der Waals surface area contributed by atoms with E-state index in [1.807, 2.05) is 6.07 Å². The monoisotopic (exact) mass is 259 g/mol. The molecule has 0 aliphatic carbocycles. The molecule has 5 heteroatoms. The largest absolute Gasteiger partial charge is 0.397 e. The number of nitrogens with two attached hydrogens (primary N) is 1. The first kappa shape index (κ1) is 12.8. The molecule has 2 rings (SSSR count). The number of rotatable bonds is 2. The third-order valence-electron chi connectivity index (χ3n) is 2.70. The summed E-state index contributed by atoms with van der Waals surface area (Å²) in [4.78, 5) is 0. The van der Waals surface area contributed by atoms with Crippen molar-refractivity contribution in [3.8, 4) is 6.07 Å². The van der Waals surface area contributed by atoms with Gasteiger partial charge in [-0.25, -0.2) is 8.78 Å². The molecule has 0 saturated heterocycles. The van der Waals surface area contributed by atoms with E-state index in [0.29, 0.717) is 11.3 Å². The SMILES string of the molecule is Cc1cc(Nc2ccc(C#N)cc2F)c(N)cc1F. The third-order valence-corrected chi connectivity index (χ3v) is 2.70. The maximum absolute atomic E-state index is 13.7. The minimum Gasteiger partial charge on any atom is -0.397 e. The first-order chi connectivity index (χ1) is 9.01. The van der Waals surface area contributed by atoms with E-state index >= 15 is 0 Å². The number of nitrogens with one attached hydrogen (secondary N) is 1. The smallest absolute Gasteiger partial charge is 0.147 e. The van der Waals surface area contributed by atoms with Gasteiger partial charge in [-0.1, -0.05) is 0 Å². The molecule has 0 aromatic heterocycles. The van der Waals surface area contributed by atoms with Crippen molar-refractivity contribution in [3.05, 3.63) is 53.1 Å². The van der Waals surface area contributed by atoms with E-state index in [1.165, 1.54) is 24.3 Å². The average molecular weight is 259 g/mol. The molecule has 0 heterocycles. The summed E-state index contributed by atoms with van der Waals surface area (Å²) >= 11 is 0. The van der Waals surface area contributed by atoms with Gasteiger partial charge in [-0.05, 0) is 42.8 Å². The van der Waals surface area contributed by atoms with Crippen LogP contribution in [0.1, 0.15) is 11.1 Å². The van der Waals surface area contributed by atoms with E-state index in [1.54, 1.807) is 6.92 Å². The van der Waals surface area contributed by atoms with E-state index in [4.69, 9.17) is 11.0 Å². The Morgan fingerprint density at radius 3 is 2.47 bits per heavy atom. The Kier molecular flexibility index (Phi) is 3.34. The van der Waals surface area contributed by atoms with E-state index < -0.39 is 11.6 Å². The molecule has 0 aliphatic rings. The number of nitriles is 1. The zero-order chi connectivity index (χ0) is 14.0. The van der Waals surface area contributed by atoms with Crippen LogP contribution in [0, 0.1) is 29.9 Å². The van der Waals surface area contributed by atoms with Gasteiger partial charge in [0.15, 0.2) is 0 Å². The molecule has 2 aromatic rings. The van der Waals surface area contributed by atoms with Crippen LogP contribution < -0.4 is 11.1 Å². The van der Waals surface area contributed by atoms with Crippen molar-refractivity contribution < 1.29 is 8.78 Å². The molecule has 19 heavy (non-hydrogen) atoms. The zero-order valence-corrected chi connectivity index (χ0v) is 10.2. The molecular weight excluding hydrogens is 248 g/mol. The fourth-order valence-electron chi connectivity index (χ4n) is 1.64. The topological polar surface area (TPSA) is 61.8 Å². The summed E-state index contributed by atoms with van der Waals surface area (Å²) in [6.07, 6.45) is 0. The van der Waals surface area contributed by atoms with E-state index in [0.717, 1.165) is 6.07 Å². The number of halogens is 2. The number of hydrogen-bond acceptors (Lipinski definition) is 3. The summed E-state index contributed by atoms with van der Waals surface area (Å²) in [5, 5.41) is 11.4. The first-order valence-corrected chi connectivity index (χ1v) is 5.53. The lowest BCUT2D eigenvalue weighted by Gasteiger charge is -2.11. The first-order valence-electron chi connectivity index (χ1n) is 5.53. The number of nitrogens with zero attached hydrogens (tertiary/aromatic N) is 1. The molecule has 0 bridgehead atoms. The molecule has 0 amide bonds. The van der Waals surface area contributed by atoms with Crippen molar-refractivity contribution in [3.63, 3.8) is 0 Å². The molecule has 2 aromatic carbocycles. The van der Waals surface area contributed by atoms with Crippen LogP contribution in [0.25, 0.3) is 0 Å². The number of anilines is 3. The van der Waals surface area contributed by atoms with Gasteiger partial charge < -0.3 is 11.1 Å². The van der Waals surface area contributed by atoms with Crippen LogP contribution in [0.5, 0.6) is 0 Å². The summed E-state index contributed by atoms with van der Waals surface area (Å²) < 4.78 is 27.0. The summed E-state index contributed by atoms with van der Waals surface area (Å²) in [5.41, 5.74) is 7.09.